The highest BCUT2D eigenvalue weighted by Crippen LogP contribution is 2.27. The summed E-state index contributed by atoms with van der Waals surface area (Å²) in [6, 6.07) is 5.76. The van der Waals surface area contributed by atoms with Crippen LogP contribution >= 0.6 is 28.3 Å². The van der Waals surface area contributed by atoms with Gasteiger partial charge in [-0.25, -0.2) is 0 Å². The number of rotatable bonds is 3. The maximum atomic E-state index is 12.1. The van der Waals surface area contributed by atoms with Gasteiger partial charge in [-0.05, 0) is 25.1 Å². The van der Waals surface area contributed by atoms with E-state index in [1.165, 1.54) is 0 Å². The van der Waals surface area contributed by atoms with Crippen LogP contribution in [-0.2, 0) is 0 Å². The van der Waals surface area contributed by atoms with Crippen LogP contribution in [0.4, 0.5) is 0 Å². The molecule has 2 aromatic rings. The van der Waals surface area contributed by atoms with Gasteiger partial charge in [0.1, 0.15) is 5.58 Å². The third kappa shape index (κ3) is 2.85. The molecule has 1 aromatic heterocycles. The summed E-state index contributed by atoms with van der Waals surface area (Å²) in [6.45, 7) is 4.57. The van der Waals surface area contributed by atoms with Gasteiger partial charge < -0.3 is 15.1 Å². The quantitative estimate of drug-likeness (QED) is 0.886. The van der Waals surface area contributed by atoms with Crippen LogP contribution in [0, 0.1) is 12.8 Å². The summed E-state index contributed by atoms with van der Waals surface area (Å²) in [4.78, 5) is 12.1. The van der Waals surface area contributed by atoms with Crippen molar-refractivity contribution in [2.24, 2.45) is 5.92 Å². The fourth-order valence-corrected chi connectivity index (χ4v) is 2.58. The molecule has 0 spiro atoms. The minimum atomic E-state index is -0.128. The number of furan rings is 1. The summed E-state index contributed by atoms with van der Waals surface area (Å²) < 4.78 is 6.63. The Balaban J connectivity index is 0.00000147. The Bertz CT molecular complexity index is 637. The average molecular weight is 360 g/mol. The number of nitrogens with one attached hydrogen (secondary N) is 2. The van der Waals surface area contributed by atoms with Crippen molar-refractivity contribution in [3.8, 4) is 0 Å². The molecule has 4 nitrogen and oxygen atoms in total. The molecule has 0 saturated carbocycles. The molecule has 0 unspecified atom stereocenters. The Kier molecular flexibility index (Phi) is 4.73. The summed E-state index contributed by atoms with van der Waals surface area (Å²) >= 11 is 3.43. The van der Waals surface area contributed by atoms with Gasteiger partial charge in [-0.2, -0.15) is 0 Å². The summed E-state index contributed by atoms with van der Waals surface area (Å²) in [5.74, 6) is 0.833. The van der Waals surface area contributed by atoms with Crippen molar-refractivity contribution < 1.29 is 9.21 Å². The van der Waals surface area contributed by atoms with Crippen LogP contribution in [-0.4, -0.2) is 25.5 Å². The van der Waals surface area contributed by atoms with Crippen molar-refractivity contribution in [2.45, 2.75) is 6.92 Å². The molecule has 1 aliphatic rings. The van der Waals surface area contributed by atoms with E-state index < -0.39 is 0 Å². The first-order valence-electron chi connectivity index (χ1n) is 6.32. The van der Waals surface area contributed by atoms with E-state index in [1.54, 1.807) is 0 Å². The summed E-state index contributed by atoms with van der Waals surface area (Å²) in [5, 5.41) is 7.09. The van der Waals surface area contributed by atoms with E-state index in [9.17, 15) is 4.79 Å². The molecule has 2 N–H and O–H groups in total. The summed E-state index contributed by atoms with van der Waals surface area (Å²) in [5.41, 5.74) is 1.64. The second-order valence-corrected chi connectivity index (χ2v) is 5.85. The maximum absolute atomic E-state index is 12.1. The molecule has 3 rings (SSSR count). The van der Waals surface area contributed by atoms with E-state index in [4.69, 9.17) is 4.42 Å². The molecule has 0 bridgehead atoms. The molecule has 2 heterocycles. The zero-order valence-corrected chi connectivity index (χ0v) is 13.4. The Morgan fingerprint density at radius 2 is 2.25 bits per heavy atom. The number of benzene rings is 1. The largest absolute Gasteiger partial charge is 0.451 e. The lowest BCUT2D eigenvalue weighted by Crippen LogP contribution is -2.48. The predicted octanol–water partition coefficient (Wildman–Crippen LogP) is 2.87. The average Bonchev–Trinajstić information content (AvgIpc) is 2.65. The van der Waals surface area contributed by atoms with Gasteiger partial charge in [-0.1, -0.05) is 15.9 Å². The second-order valence-electron chi connectivity index (χ2n) is 4.93. The first kappa shape index (κ1) is 15.4. The maximum Gasteiger partial charge on any atom is 0.287 e. The van der Waals surface area contributed by atoms with Gasteiger partial charge >= 0.3 is 0 Å². The SMILES string of the molecule is Cc1c(C(=O)NCC2CNC2)oc2ccc(Br)cc12.Cl. The molecule has 0 atom stereocenters. The highest BCUT2D eigenvalue weighted by atomic mass is 79.9. The van der Waals surface area contributed by atoms with E-state index in [2.05, 4.69) is 26.6 Å². The molecule has 1 saturated heterocycles. The fraction of sp³-hybridized carbons (Fsp3) is 0.357. The van der Waals surface area contributed by atoms with E-state index in [0.29, 0.717) is 18.2 Å². The van der Waals surface area contributed by atoms with Crippen molar-refractivity contribution in [3.05, 3.63) is 34.0 Å². The lowest BCUT2D eigenvalue weighted by atomic mass is 10.0. The fourth-order valence-electron chi connectivity index (χ4n) is 2.22. The van der Waals surface area contributed by atoms with E-state index >= 15 is 0 Å². The van der Waals surface area contributed by atoms with Crippen LogP contribution < -0.4 is 10.6 Å². The lowest BCUT2D eigenvalue weighted by Gasteiger charge is -2.26. The van der Waals surface area contributed by atoms with Gasteiger partial charge in [-0.3, -0.25) is 4.79 Å². The number of hydrogen-bond donors (Lipinski definition) is 2. The van der Waals surface area contributed by atoms with Crippen LogP contribution in [0.5, 0.6) is 0 Å². The Morgan fingerprint density at radius 3 is 2.90 bits per heavy atom. The van der Waals surface area contributed by atoms with Gasteiger partial charge in [0, 0.05) is 41.0 Å². The third-order valence-corrected chi connectivity index (χ3v) is 4.02. The number of carbonyl (C=O) groups excluding carboxylic acids is 1. The van der Waals surface area contributed by atoms with Crippen LogP contribution in [0.1, 0.15) is 16.1 Å². The molecule has 0 aliphatic carbocycles. The van der Waals surface area contributed by atoms with Crippen LogP contribution in [0.3, 0.4) is 0 Å². The number of amides is 1. The van der Waals surface area contributed by atoms with E-state index in [0.717, 1.165) is 34.1 Å². The normalized spacial score (nSPS) is 14.7. The van der Waals surface area contributed by atoms with Gasteiger partial charge in [0.15, 0.2) is 5.76 Å². The molecular weight excluding hydrogens is 344 g/mol. The zero-order valence-electron chi connectivity index (χ0n) is 11.0. The van der Waals surface area contributed by atoms with Crippen molar-refractivity contribution in [1.29, 1.82) is 0 Å². The van der Waals surface area contributed by atoms with E-state index in [1.807, 2.05) is 25.1 Å². The predicted molar refractivity (Wildman–Crippen MR) is 84.6 cm³/mol. The van der Waals surface area contributed by atoms with Gasteiger partial charge in [0.05, 0.1) is 0 Å². The third-order valence-electron chi connectivity index (χ3n) is 3.52. The van der Waals surface area contributed by atoms with Crippen molar-refractivity contribution in [3.63, 3.8) is 0 Å². The van der Waals surface area contributed by atoms with Crippen LogP contribution in [0.25, 0.3) is 11.0 Å². The molecule has 108 valence electrons. The molecule has 0 radical (unpaired) electrons. The minimum Gasteiger partial charge on any atom is -0.451 e. The molecule has 1 aliphatic heterocycles. The molecule has 20 heavy (non-hydrogen) atoms. The second kappa shape index (κ2) is 6.16. The van der Waals surface area contributed by atoms with Crippen LogP contribution in [0.15, 0.2) is 27.1 Å². The Morgan fingerprint density at radius 1 is 1.50 bits per heavy atom. The Labute approximate surface area is 131 Å². The number of carbonyl (C=O) groups is 1. The van der Waals surface area contributed by atoms with Crippen molar-refractivity contribution in [1.82, 2.24) is 10.6 Å². The summed E-state index contributed by atoms with van der Waals surface area (Å²) in [6.07, 6.45) is 0. The molecule has 6 heteroatoms. The number of halogens is 2. The summed E-state index contributed by atoms with van der Waals surface area (Å²) in [7, 11) is 0. The van der Waals surface area contributed by atoms with Crippen LogP contribution in [0.2, 0.25) is 0 Å². The zero-order chi connectivity index (χ0) is 13.4. The molecule has 1 aromatic carbocycles. The highest BCUT2D eigenvalue weighted by Gasteiger charge is 2.21. The number of fused-ring (bicyclic) bond motifs is 1. The standard InChI is InChI=1S/C14H15BrN2O2.ClH/c1-8-11-4-10(15)2-3-12(11)19-13(8)14(18)17-7-9-5-16-6-9;/h2-4,9,16H,5-7H2,1H3,(H,17,18);1H. The monoisotopic (exact) mass is 358 g/mol. The first-order chi connectivity index (χ1) is 9.15. The van der Waals surface area contributed by atoms with Gasteiger partial charge in [-0.15, -0.1) is 12.4 Å². The van der Waals surface area contributed by atoms with Gasteiger partial charge in [0.2, 0.25) is 0 Å². The minimum absolute atomic E-state index is 0. The van der Waals surface area contributed by atoms with Crippen molar-refractivity contribution >= 4 is 45.2 Å². The molecule has 1 amide bonds. The molecular formula is C14H16BrClN2O2. The Hall–Kier alpha value is -1.04. The highest BCUT2D eigenvalue weighted by molar-refractivity contribution is 9.10. The topological polar surface area (TPSA) is 54.3 Å². The molecule has 1 fully saturated rings. The van der Waals surface area contributed by atoms with Crippen molar-refractivity contribution in [2.75, 3.05) is 19.6 Å². The van der Waals surface area contributed by atoms with Gasteiger partial charge in [0.25, 0.3) is 5.91 Å². The number of hydrogen-bond acceptors (Lipinski definition) is 3. The van der Waals surface area contributed by atoms with E-state index in [-0.39, 0.29) is 18.3 Å². The first-order valence-corrected chi connectivity index (χ1v) is 7.12. The number of aryl methyl sites for hydroxylation is 1. The smallest absolute Gasteiger partial charge is 0.287 e. The lowest BCUT2D eigenvalue weighted by molar-refractivity contribution is 0.0915.